The number of carboxylic acids is 1. The Kier molecular flexibility index (Phi) is 11.0. The van der Waals surface area contributed by atoms with Gasteiger partial charge >= 0.3 is 5.97 Å². The van der Waals surface area contributed by atoms with Crippen LogP contribution in [0.1, 0.15) is 77.2 Å². The van der Waals surface area contributed by atoms with Crippen LogP contribution in [0.4, 0.5) is 5.69 Å². The van der Waals surface area contributed by atoms with Gasteiger partial charge in [0.25, 0.3) is 10.2 Å². The van der Waals surface area contributed by atoms with Gasteiger partial charge in [-0.15, -0.1) is 0 Å². The van der Waals surface area contributed by atoms with Crippen LogP contribution >= 0.6 is 0 Å². The first-order valence-electron chi connectivity index (χ1n) is 9.97. The maximum Gasteiger partial charge on any atom is 0.304 e. The smallest absolute Gasteiger partial charge is 0.304 e. The Morgan fingerprint density at radius 2 is 1.59 bits per heavy atom. The lowest BCUT2D eigenvalue weighted by atomic mass is 10.0. The summed E-state index contributed by atoms with van der Waals surface area (Å²) in [6.45, 7) is 3.97. The SMILES string of the molecule is CCCCCCCCCc1ccc(NS(=O)(=O)N[C@@H](CC)CC(=O)O)cc1. The molecule has 27 heavy (non-hydrogen) atoms. The second kappa shape index (κ2) is 12.7. The van der Waals surface area contributed by atoms with Gasteiger partial charge in [0.1, 0.15) is 0 Å². The Bertz CT molecular complexity index is 644. The minimum absolute atomic E-state index is 0.241. The first-order chi connectivity index (χ1) is 12.9. The van der Waals surface area contributed by atoms with E-state index in [4.69, 9.17) is 5.11 Å². The number of benzene rings is 1. The topological polar surface area (TPSA) is 95.5 Å². The Hall–Kier alpha value is -1.60. The van der Waals surface area contributed by atoms with Crippen molar-refractivity contribution in [2.75, 3.05) is 4.72 Å². The molecule has 6 nitrogen and oxygen atoms in total. The number of unbranched alkanes of at least 4 members (excludes halogenated alkanes) is 6. The second-order valence-corrected chi connectivity index (χ2v) is 8.44. The second-order valence-electron chi connectivity index (χ2n) is 6.99. The van der Waals surface area contributed by atoms with Gasteiger partial charge in [0.2, 0.25) is 0 Å². The van der Waals surface area contributed by atoms with Gasteiger partial charge in [-0.05, 0) is 37.0 Å². The van der Waals surface area contributed by atoms with Crippen LogP contribution in [0.15, 0.2) is 24.3 Å². The van der Waals surface area contributed by atoms with Crippen LogP contribution in [0.5, 0.6) is 0 Å². The van der Waals surface area contributed by atoms with Crippen molar-refractivity contribution in [3.8, 4) is 0 Å². The van der Waals surface area contributed by atoms with Gasteiger partial charge in [-0.2, -0.15) is 13.1 Å². The van der Waals surface area contributed by atoms with Crippen LogP contribution in [-0.4, -0.2) is 25.5 Å². The molecule has 154 valence electrons. The lowest BCUT2D eigenvalue weighted by Crippen LogP contribution is -2.39. The van der Waals surface area contributed by atoms with Gasteiger partial charge in [0.05, 0.1) is 6.42 Å². The van der Waals surface area contributed by atoms with E-state index in [1.807, 2.05) is 12.1 Å². The third-order valence-corrected chi connectivity index (χ3v) is 5.66. The van der Waals surface area contributed by atoms with Crippen molar-refractivity contribution in [1.29, 1.82) is 0 Å². The minimum Gasteiger partial charge on any atom is -0.481 e. The Labute approximate surface area is 163 Å². The minimum atomic E-state index is -3.80. The van der Waals surface area contributed by atoms with Crippen molar-refractivity contribution in [1.82, 2.24) is 4.72 Å². The van der Waals surface area contributed by atoms with Crippen molar-refractivity contribution < 1.29 is 18.3 Å². The van der Waals surface area contributed by atoms with Crippen molar-refractivity contribution in [3.05, 3.63) is 29.8 Å². The molecule has 0 amide bonds. The predicted octanol–water partition coefficient (Wildman–Crippen LogP) is 4.48. The molecule has 0 fully saturated rings. The zero-order chi connectivity index (χ0) is 20.1. The molecule has 1 rings (SSSR count). The van der Waals surface area contributed by atoms with Gasteiger partial charge in [0, 0.05) is 11.7 Å². The third kappa shape index (κ3) is 11.0. The van der Waals surface area contributed by atoms with Crippen molar-refractivity contribution in [2.45, 2.75) is 84.1 Å². The number of nitrogens with one attached hydrogen (secondary N) is 2. The Morgan fingerprint density at radius 3 is 2.15 bits per heavy atom. The molecule has 3 N–H and O–H groups in total. The zero-order valence-electron chi connectivity index (χ0n) is 16.5. The van der Waals surface area contributed by atoms with Crippen LogP contribution in [0.25, 0.3) is 0 Å². The zero-order valence-corrected chi connectivity index (χ0v) is 17.4. The first-order valence-corrected chi connectivity index (χ1v) is 11.5. The number of hydrogen-bond acceptors (Lipinski definition) is 3. The van der Waals surface area contributed by atoms with Gasteiger partial charge in [-0.25, -0.2) is 0 Å². The molecule has 0 saturated heterocycles. The number of aryl methyl sites for hydroxylation is 1. The number of aliphatic carboxylic acids is 1. The number of carbonyl (C=O) groups is 1. The number of rotatable bonds is 15. The molecule has 0 aliphatic carbocycles. The third-order valence-electron chi connectivity index (χ3n) is 4.51. The monoisotopic (exact) mass is 398 g/mol. The van der Waals surface area contributed by atoms with Gasteiger partial charge in [-0.3, -0.25) is 9.52 Å². The molecule has 0 bridgehead atoms. The molecular formula is C20H34N2O4S. The lowest BCUT2D eigenvalue weighted by molar-refractivity contribution is -0.137. The summed E-state index contributed by atoms with van der Waals surface area (Å²) in [5.41, 5.74) is 1.66. The normalized spacial score (nSPS) is 12.7. The van der Waals surface area contributed by atoms with Gasteiger partial charge in [0.15, 0.2) is 0 Å². The van der Waals surface area contributed by atoms with Crippen LogP contribution < -0.4 is 9.44 Å². The van der Waals surface area contributed by atoms with Gasteiger partial charge in [-0.1, -0.05) is 64.5 Å². The summed E-state index contributed by atoms with van der Waals surface area (Å²) in [6.07, 6.45) is 10.0. The van der Waals surface area contributed by atoms with E-state index in [2.05, 4.69) is 16.4 Å². The fraction of sp³-hybridized carbons (Fsp3) is 0.650. The summed E-state index contributed by atoms with van der Waals surface area (Å²) in [4.78, 5) is 10.8. The highest BCUT2D eigenvalue weighted by atomic mass is 32.2. The molecule has 0 saturated carbocycles. The molecule has 0 aliphatic rings. The van der Waals surface area contributed by atoms with E-state index in [9.17, 15) is 13.2 Å². The van der Waals surface area contributed by atoms with E-state index in [1.54, 1.807) is 19.1 Å². The highest BCUT2D eigenvalue weighted by molar-refractivity contribution is 7.90. The average Bonchev–Trinajstić information content (AvgIpc) is 2.61. The van der Waals surface area contributed by atoms with E-state index in [0.29, 0.717) is 12.1 Å². The molecule has 0 heterocycles. The molecule has 0 spiro atoms. The van der Waals surface area contributed by atoms with Crippen molar-refractivity contribution in [2.24, 2.45) is 0 Å². The van der Waals surface area contributed by atoms with Crippen LogP contribution in [-0.2, 0) is 21.4 Å². The Balaban J connectivity index is 2.41. The molecule has 1 aromatic rings. The first kappa shape index (κ1) is 23.4. The van der Waals surface area contributed by atoms with Crippen LogP contribution in [0.2, 0.25) is 0 Å². The molecule has 7 heteroatoms. The van der Waals surface area contributed by atoms with Crippen LogP contribution in [0.3, 0.4) is 0 Å². The fourth-order valence-electron chi connectivity index (χ4n) is 2.91. The summed E-state index contributed by atoms with van der Waals surface area (Å²) in [5, 5.41) is 8.82. The summed E-state index contributed by atoms with van der Waals surface area (Å²) >= 11 is 0. The molecule has 0 radical (unpaired) electrons. The fourth-order valence-corrected chi connectivity index (χ4v) is 4.10. The van der Waals surface area contributed by atoms with Crippen LogP contribution in [0, 0.1) is 0 Å². The van der Waals surface area contributed by atoms with Gasteiger partial charge < -0.3 is 5.11 Å². The highest BCUT2D eigenvalue weighted by Gasteiger charge is 2.18. The van der Waals surface area contributed by atoms with E-state index in [-0.39, 0.29) is 6.42 Å². The quantitative estimate of drug-likeness (QED) is 0.380. The summed E-state index contributed by atoms with van der Waals surface area (Å²) in [7, 11) is -3.80. The number of hydrogen-bond donors (Lipinski definition) is 3. The predicted molar refractivity (Wildman–Crippen MR) is 110 cm³/mol. The largest absolute Gasteiger partial charge is 0.481 e. The average molecular weight is 399 g/mol. The molecule has 1 atom stereocenters. The standard InChI is InChI=1S/C20H34N2O4S/c1-3-5-6-7-8-9-10-11-17-12-14-19(15-13-17)22-27(25,26)21-18(4-2)16-20(23)24/h12-15,18,21-22H,3-11,16H2,1-2H3,(H,23,24)/t18-/m0/s1. The van der Waals surface area contributed by atoms with Crippen molar-refractivity contribution in [3.63, 3.8) is 0 Å². The molecule has 0 aromatic heterocycles. The number of carboxylic acid groups (broad SMARTS) is 1. The molecular weight excluding hydrogens is 364 g/mol. The Morgan fingerprint density at radius 1 is 1.00 bits per heavy atom. The lowest BCUT2D eigenvalue weighted by Gasteiger charge is -2.16. The molecule has 0 unspecified atom stereocenters. The van der Waals surface area contributed by atoms with E-state index in [0.717, 1.165) is 12.8 Å². The molecule has 1 aromatic carbocycles. The summed E-state index contributed by atoms with van der Waals surface area (Å²) in [6, 6.07) is 6.73. The maximum atomic E-state index is 12.1. The van der Waals surface area contributed by atoms with E-state index >= 15 is 0 Å². The summed E-state index contributed by atoms with van der Waals surface area (Å²) in [5.74, 6) is -1.03. The van der Waals surface area contributed by atoms with E-state index < -0.39 is 22.2 Å². The highest BCUT2D eigenvalue weighted by Crippen LogP contribution is 2.15. The summed E-state index contributed by atoms with van der Waals surface area (Å²) < 4.78 is 29.1. The van der Waals surface area contributed by atoms with Crippen molar-refractivity contribution >= 4 is 21.9 Å². The molecule has 0 aliphatic heterocycles. The van der Waals surface area contributed by atoms with E-state index in [1.165, 1.54) is 44.1 Å². The number of anilines is 1. The maximum absolute atomic E-state index is 12.1.